The molecule has 0 aliphatic rings. The number of hydrogen-bond donors (Lipinski definition) is 3. The molecule has 2 aromatic carbocycles. The molecule has 8 heteroatoms. The van der Waals surface area contributed by atoms with E-state index >= 15 is 0 Å². The Balaban J connectivity index is 1.91. The molecule has 0 bridgehead atoms. The van der Waals surface area contributed by atoms with Crippen molar-refractivity contribution in [1.29, 1.82) is 0 Å². The second-order valence-electron chi connectivity index (χ2n) is 5.35. The van der Waals surface area contributed by atoms with Crippen LogP contribution in [0.5, 0.6) is 5.75 Å². The summed E-state index contributed by atoms with van der Waals surface area (Å²) < 4.78 is 40.0. The molecular weight excluding hydrogens is 335 g/mol. The molecule has 0 heterocycles. The quantitative estimate of drug-likeness (QED) is 0.569. The normalized spacial score (nSPS) is 13.4. The van der Waals surface area contributed by atoms with Crippen LogP contribution in [0.3, 0.4) is 0 Å². The van der Waals surface area contributed by atoms with Gasteiger partial charge in [-0.05, 0) is 36.8 Å². The van der Waals surface area contributed by atoms with Crippen molar-refractivity contribution in [2.75, 3.05) is 11.9 Å². The number of alkyl halides is 3. The van der Waals surface area contributed by atoms with Gasteiger partial charge in [0.2, 0.25) is 0 Å². The van der Waals surface area contributed by atoms with Crippen molar-refractivity contribution in [1.82, 2.24) is 0 Å². The minimum Gasteiger partial charge on any atom is -0.406 e. The number of nitrogens with two attached hydrogens (primary N) is 1. The van der Waals surface area contributed by atoms with Crippen LogP contribution in [-0.2, 0) is 0 Å². The summed E-state index contributed by atoms with van der Waals surface area (Å²) in [6.45, 7) is 2.00. The largest absolute Gasteiger partial charge is 0.573 e. The maximum absolute atomic E-state index is 12.1. The van der Waals surface area contributed by atoms with Crippen molar-refractivity contribution in [3.05, 3.63) is 59.7 Å². The summed E-state index contributed by atoms with van der Waals surface area (Å²) in [4.78, 5) is 4.02. The van der Waals surface area contributed by atoms with Crippen LogP contribution in [0.2, 0.25) is 0 Å². The molecule has 134 valence electrons. The Morgan fingerprint density at radius 2 is 1.76 bits per heavy atom. The number of halogens is 3. The second-order valence-corrected chi connectivity index (χ2v) is 5.35. The van der Waals surface area contributed by atoms with Gasteiger partial charge in [0, 0.05) is 5.69 Å². The highest BCUT2D eigenvalue weighted by molar-refractivity contribution is 5.92. The average Bonchev–Trinajstić information content (AvgIpc) is 2.54. The number of aliphatic imine (C=N–C) groups is 1. The van der Waals surface area contributed by atoms with Crippen LogP contribution in [-0.4, -0.2) is 24.0 Å². The van der Waals surface area contributed by atoms with Gasteiger partial charge in [-0.25, -0.2) is 0 Å². The molecule has 0 aliphatic heterocycles. The van der Waals surface area contributed by atoms with Gasteiger partial charge in [-0.2, -0.15) is 0 Å². The number of rotatable bonds is 5. The van der Waals surface area contributed by atoms with E-state index in [4.69, 9.17) is 5.73 Å². The Hall–Kier alpha value is -2.74. The van der Waals surface area contributed by atoms with E-state index in [0.29, 0.717) is 5.69 Å². The van der Waals surface area contributed by atoms with Crippen LogP contribution in [0.1, 0.15) is 17.2 Å². The molecule has 0 saturated carbocycles. The zero-order valence-electron chi connectivity index (χ0n) is 13.4. The van der Waals surface area contributed by atoms with E-state index in [1.54, 1.807) is 12.1 Å². The Kier molecular flexibility index (Phi) is 5.87. The van der Waals surface area contributed by atoms with Gasteiger partial charge in [0.1, 0.15) is 5.75 Å². The van der Waals surface area contributed by atoms with Gasteiger partial charge in [-0.3, -0.25) is 4.99 Å². The van der Waals surface area contributed by atoms with Crippen LogP contribution in [0.4, 0.5) is 18.9 Å². The third-order valence-corrected chi connectivity index (χ3v) is 3.26. The lowest BCUT2D eigenvalue weighted by atomic mass is 10.1. The molecule has 0 spiro atoms. The Morgan fingerprint density at radius 1 is 1.16 bits per heavy atom. The molecule has 2 aromatic rings. The topological polar surface area (TPSA) is 79.9 Å². The first kappa shape index (κ1) is 18.6. The van der Waals surface area contributed by atoms with Crippen molar-refractivity contribution in [3.63, 3.8) is 0 Å². The number of nitrogens with one attached hydrogen (secondary N) is 1. The Morgan fingerprint density at radius 3 is 2.32 bits per heavy atom. The summed E-state index contributed by atoms with van der Waals surface area (Å²) in [6, 6.07) is 12.4. The van der Waals surface area contributed by atoms with Gasteiger partial charge < -0.3 is 20.9 Å². The van der Waals surface area contributed by atoms with E-state index in [1.807, 2.05) is 19.1 Å². The predicted octanol–water partition coefficient (Wildman–Crippen LogP) is 3.35. The average molecular weight is 353 g/mol. The minimum absolute atomic E-state index is 0.0376. The summed E-state index contributed by atoms with van der Waals surface area (Å²) in [5.74, 6) is -0.293. The first-order valence-electron chi connectivity index (χ1n) is 7.40. The fourth-order valence-corrected chi connectivity index (χ4v) is 2.01. The van der Waals surface area contributed by atoms with E-state index < -0.39 is 12.5 Å². The lowest BCUT2D eigenvalue weighted by Crippen LogP contribution is -2.23. The van der Waals surface area contributed by atoms with E-state index in [1.165, 1.54) is 12.1 Å². The minimum atomic E-state index is -4.73. The predicted molar refractivity (Wildman–Crippen MR) is 89.4 cm³/mol. The lowest BCUT2D eigenvalue weighted by molar-refractivity contribution is -0.274. The van der Waals surface area contributed by atoms with Crippen LogP contribution in [0, 0.1) is 6.92 Å². The number of ether oxygens (including phenoxy) is 1. The third-order valence-electron chi connectivity index (χ3n) is 3.26. The Labute approximate surface area is 143 Å². The zero-order chi connectivity index (χ0) is 18.4. The summed E-state index contributed by atoms with van der Waals surface area (Å²) in [6.07, 6.45) is -5.54. The summed E-state index contributed by atoms with van der Waals surface area (Å²) >= 11 is 0. The van der Waals surface area contributed by atoms with Gasteiger partial charge in [0.25, 0.3) is 0 Å². The highest BCUT2D eigenvalue weighted by atomic mass is 19.4. The molecule has 0 aromatic heterocycles. The molecule has 1 atom stereocenters. The summed E-state index contributed by atoms with van der Waals surface area (Å²) in [7, 11) is 0. The number of aliphatic hydroxyl groups excluding tert-OH is 1. The third kappa shape index (κ3) is 6.34. The molecule has 25 heavy (non-hydrogen) atoms. The second kappa shape index (κ2) is 7.89. The van der Waals surface area contributed by atoms with E-state index in [9.17, 15) is 18.3 Å². The number of aliphatic hydroxyl groups is 1. The number of benzene rings is 2. The van der Waals surface area contributed by atoms with E-state index in [2.05, 4.69) is 15.0 Å². The number of guanidine groups is 1. The molecule has 5 nitrogen and oxygen atoms in total. The summed E-state index contributed by atoms with van der Waals surface area (Å²) in [5, 5.41) is 12.8. The van der Waals surface area contributed by atoms with Gasteiger partial charge in [0.05, 0.1) is 12.6 Å². The monoisotopic (exact) mass is 353 g/mol. The Bertz CT molecular complexity index is 713. The maximum Gasteiger partial charge on any atom is 0.573 e. The van der Waals surface area contributed by atoms with Crippen molar-refractivity contribution in [2.45, 2.75) is 19.4 Å². The van der Waals surface area contributed by atoms with Crippen LogP contribution < -0.4 is 15.8 Å². The number of hydrogen-bond acceptors (Lipinski definition) is 3. The molecule has 4 N–H and O–H groups in total. The molecule has 0 amide bonds. The van der Waals surface area contributed by atoms with Crippen LogP contribution in [0.15, 0.2) is 53.5 Å². The lowest BCUT2D eigenvalue weighted by Gasteiger charge is -2.11. The zero-order valence-corrected chi connectivity index (χ0v) is 13.4. The molecule has 0 saturated heterocycles. The number of anilines is 1. The molecule has 1 unspecified atom stereocenters. The van der Waals surface area contributed by atoms with Crippen molar-refractivity contribution < 1.29 is 23.0 Å². The number of aryl methyl sites for hydroxylation is 1. The molecular formula is C17H18F3N3O2. The first-order valence-corrected chi connectivity index (χ1v) is 7.40. The van der Waals surface area contributed by atoms with Gasteiger partial charge in [-0.15, -0.1) is 13.2 Å². The molecule has 0 radical (unpaired) electrons. The van der Waals surface area contributed by atoms with Crippen molar-refractivity contribution in [3.8, 4) is 5.75 Å². The highest BCUT2D eigenvalue weighted by Gasteiger charge is 2.30. The number of nitrogens with zero attached hydrogens (tertiary/aromatic N) is 1. The van der Waals surface area contributed by atoms with Gasteiger partial charge in [0.15, 0.2) is 5.96 Å². The van der Waals surface area contributed by atoms with Crippen LogP contribution >= 0.6 is 0 Å². The van der Waals surface area contributed by atoms with Crippen LogP contribution in [0.25, 0.3) is 0 Å². The fraction of sp³-hybridized carbons (Fsp3) is 0.235. The smallest absolute Gasteiger partial charge is 0.406 e. The molecule has 0 fully saturated rings. The maximum atomic E-state index is 12.1. The van der Waals surface area contributed by atoms with E-state index in [-0.39, 0.29) is 18.3 Å². The fourth-order valence-electron chi connectivity index (χ4n) is 2.01. The first-order chi connectivity index (χ1) is 11.7. The van der Waals surface area contributed by atoms with Crippen molar-refractivity contribution >= 4 is 11.6 Å². The van der Waals surface area contributed by atoms with Gasteiger partial charge in [-0.1, -0.05) is 29.8 Å². The summed E-state index contributed by atoms with van der Waals surface area (Å²) in [5.41, 5.74) is 7.96. The standard InChI is InChI=1S/C17H18F3N3O2/c1-11-2-4-12(5-3-11)15(24)10-22-16(21)23-13-6-8-14(9-7-13)25-17(18,19)20/h2-9,15,24H,10H2,1H3,(H3,21,22,23). The molecule has 2 rings (SSSR count). The van der Waals surface area contributed by atoms with Gasteiger partial charge >= 0.3 is 6.36 Å². The van der Waals surface area contributed by atoms with Crippen molar-refractivity contribution in [2.24, 2.45) is 10.7 Å². The highest BCUT2D eigenvalue weighted by Crippen LogP contribution is 2.23. The SMILES string of the molecule is Cc1ccc(C(O)CN=C(N)Nc2ccc(OC(F)(F)F)cc2)cc1. The van der Waals surface area contributed by atoms with E-state index in [0.717, 1.165) is 23.3 Å². The molecule has 0 aliphatic carbocycles.